The van der Waals surface area contributed by atoms with Gasteiger partial charge in [-0.2, -0.15) is 0 Å². The lowest BCUT2D eigenvalue weighted by molar-refractivity contribution is 0.0367. The molecule has 1 aromatic rings. The molecular formula is C14H20O8. The highest BCUT2D eigenvalue weighted by atomic mass is 16.7. The molecule has 0 amide bonds. The van der Waals surface area contributed by atoms with Crippen LogP contribution in [0.3, 0.4) is 0 Å². The van der Waals surface area contributed by atoms with Crippen LogP contribution >= 0.6 is 0 Å². The van der Waals surface area contributed by atoms with Crippen LogP contribution in [0.5, 0.6) is 17.2 Å². The van der Waals surface area contributed by atoms with Crippen molar-refractivity contribution in [2.24, 2.45) is 0 Å². The molecule has 0 aliphatic heterocycles. The predicted octanol–water partition coefficient (Wildman–Crippen LogP) is 1.42. The zero-order valence-electron chi connectivity index (χ0n) is 13.0. The number of carbonyl (C=O) groups is 1. The molecular weight excluding hydrogens is 296 g/mol. The van der Waals surface area contributed by atoms with Crippen LogP contribution in [0, 0.1) is 0 Å². The molecule has 0 N–H and O–H groups in total. The maximum absolute atomic E-state index is 12.0. The van der Waals surface area contributed by atoms with Crippen LogP contribution in [-0.2, 0) is 18.9 Å². The Hall–Kier alpha value is -2.03. The van der Waals surface area contributed by atoms with E-state index in [0.29, 0.717) is 5.75 Å². The molecule has 8 heteroatoms. The maximum Gasteiger partial charge on any atom is 0.345 e. The molecule has 1 aromatic carbocycles. The van der Waals surface area contributed by atoms with E-state index in [9.17, 15) is 4.79 Å². The number of hydrogen-bond acceptors (Lipinski definition) is 8. The van der Waals surface area contributed by atoms with Crippen molar-refractivity contribution in [3.8, 4) is 17.2 Å². The van der Waals surface area contributed by atoms with E-state index in [1.807, 2.05) is 0 Å². The first-order chi connectivity index (χ1) is 10.7. The van der Waals surface area contributed by atoms with E-state index in [-0.39, 0.29) is 37.4 Å². The second kappa shape index (κ2) is 9.82. The minimum Gasteiger partial charge on any atom is -0.467 e. The standard InChI is InChI=1S/C14H20O8/c1-16-7-20-10-5-11(21-8-17-2)13(14(15)19-4)12(6-10)22-9-18-3/h5-6H,7-9H2,1-4H3. The minimum atomic E-state index is -0.615. The van der Waals surface area contributed by atoms with Gasteiger partial charge in [0.15, 0.2) is 20.4 Å². The van der Waals surface area contributed by atoms with Crippen molar-refractivity contribution >= 4 is 5.97 Å². The smallest absolute Gasteiger partial charge is 0.345 e. The van der Waals surface area contributed by atoms with Crippen molar-refractivity contribution in [2.45, 2.75) is 0 Å². The van der Waals surface area contributed by atoms with Crippen molar-refractivity contribution in [3.05, 3.63) is 17.7 Å². The number of rotatable bonds is 10. The molecule has 0 atom stereocenters. The van der Waals surface area contributed by atoms with Crippen LogP contribution in [0.1, 0.15) is 10.4 Å². The molecule has 0 heterocycles. The Kier molecular flexibility index (Phi) is 8.05. The highest BCUT2D eigenvalue weighted by Gasteiger charge is 2.22. The molecule has 1 rings (SSSR count). The fraction of sp³-hybridized carbons (Fsp3) is 0.500. The summed E-state index contributed by atoms with van der Waals surface area (Å²) in [5, 5.41) is 0. The molecule has 0 aromatic heterocycles. The lowest BCUT2D eigenvalue weighted by Gasteiger charge is -2.16. The molecule has 0 bridgehead atoms. The van der Waals surface area contributed by atoms with E-state index < -0.39 is 5.97 Å². The highest BCUT2D eigenvalue weighted by molar-refractivity contribution is 5.96. The third-order valence-corrected chi connectivity index (χ3v) is 2.44. The van der Waals surface area contributed by atoms with Crippen LogP contribution < -0.4 is 14.2 Å². The molecule has 22 heavy (non-hydrogen) atoms. The normalized spacial score (nSPS) is 10.2. The fourth-order valence-electron chi connectivity index (χ4n) is 1.55. The molecule has 0 unspecified atom stereocenters. The summed E-state index contributed by atoms with van der Waals surface area (Å²) in [6, 6.07) is 3.04. The van der Waals surface area contributed by atoms with Gasteiger partial charge in [0.05, 0.1) is 7.11 Å². The van der Waals surface area contributed by atoms with Crippen molar-refractivity contribution in [1.82, 2.24) is 0 Å². The first-order valence-electron chi connectivity index (χ1n) is 6.29. The summed E-state index contributed by atoms with van der Waals surface area (Å²) in [7, 11) is 5.68. The summed E-state index contributed by atoms with van der Waals surface area (Å²) < 4.78 is 35.4. The molecule has 0 radical (unpaired) electrons. The van der Waals surface area contributed by atoms with Gasteiger partial charge in [-0.05, 0) is 0 Å². The van der Waals surface area contributed by atoms with Crippen molar-refractivity contribution in [2.75, 3.05) is 48.8 Å². The van der Waals surface area contributed by atoms with E-state index in [1.165, 1.54) is 40.6 Å². The Balaban J connectivity index is 3.22. The summed E-state index contributed by atoms with van der Waals surface area (Å²) in [5.74, 6) is 0.184. The molecule has 0 aliphatic carbocycles. The van der Waals surface area contributed by atoms with Gasteiger partial charge in [0, 0.05) is 33.5 Å². The SMILES string of the molecule is COCOc1cc(OCOC)c(C(=O)OC)c(OCOC)c1. The molecule has 0 saturated heterocycles. The van der Waals surface area contributed by atoms with Crippen LogP contribution in [0.2, 0.25) is 0 Å². The Morgan fingerprint density at radius 3 is 1.68 bits per heavy atom. The van der Waals surface area contributed by atoms with Crippen LogP contribution in [-0.4, -0.2) is 54.8 Å². The van der Waals surface area contributed by atoms with Gasteiger partial charge >= 0.3 is 5.97 Å². The summed E-state index contributed by atoms with van der Waals surface area (Å²) in [4.78, 5) is 12.0. The van der Waals surface area contributed by atoms with Gasteiger partial charge in [-0.1, -0.05) is 0 Å². The Morgan fingerprint density at radius 2 is 1.27 bits per heavy atom. The zero-order valence-corrected chi connectivity index (χ0v) is 13.0. The quantitative estimate of drug-likeness (QED) is 0.473. The van der Waals surface area contributed by atoms with Gasteiger partial charge < -0.3 is 33.2 Å². The Bertz CT molecular complexity index is 445. The topological polar surface area (TPSA) is 81.7 Å². The summed E-state index contributed by atoms with van der Waals surface area (Å²) in [6.07, 6.45) is 0. The number of ether oxygens (including phenoxy) is 7. The fourth-order valence-corrected chi connectivity index (χ4v) is 1.55. The lowest BCUT2D eigenvalue weighted by Crippen LogP contribution is -2.12. The predicted molar refractivity (Wildman–Crippen MR) is 75.3 cm³/mol. The first kappa shape index (κ1) is 18.0. The number of methoxy groups -OCH3 is 4. The van der Waals surface area contributed by atoms with Crippen molar-refractivity contribution in [3.63, 3.8) is 0 Å². The van der Waals surface area contributed by atoms with E-state index in [4.69, 9.17) is 33.2 Å². The average Bonchev–Trinajstić information content (AvgIpc) is 2.55. The van der Waals surface area contributed by atoms with Gasteiger partial charge in [-0.3, -0.25) is 0 Å². The van der Waals surface area contributed by atoms with Gasteiger partial charge in [0.25, 0.3) is 0 Å². The van der Waals surface area contributed by atoms with Gasteiger partial charge in [-0.25, -0.2) is 4.79 Å². The molecule has 0 fully saturated rings. The summed E-state index contributed by atoms with van der Waals surface area (Å²) in [6.45, 7) is -0.0755. The molecule has 0 aliphatic rings. The van der Waals surface area contributed by atoms with Gasteiger partial charge in [-0.15, -0.1) is 0 Å². The number of benzene rings is 1. The molecule has 124 valence electrons. The molecule has 0 spiro atoms. The third kappa shape index (κ3) is 5.06. The van der Waals surface area contributed by atoms with Crippen LogP contribution in [0.25, 0.3) is 0 Å². The monoisotopic (exact) mass is 316 g/mol. The lowest BCUT2D eigenvalue weighted by atomic mass is 10.1. The van der Waals surface area contributed by atoms with E-state index in [0.717, 1.165) is 0 Å². The summed E-state index contributed by atoms with van der Waals surface area (Å²) in [5.41, 5.74) is 0.112. The summed E-state index contributed by atoms with van der Waals surface area (Å²) >= 11 is 0. The maximum atomic E-state index is 12.0. The largest absolute Gasteiger partial charge is 0.467 e. The van der Waals surface area contributed by atoms with E-state index >= 15 is 0 Å². The Morgan fingerprint density at radius 1 is 0.818 bits per heavy atom. The molecule has 8 nitrogen and oxygen atoms in total. The van der Waals surface area contributed by atoms with E-state index in [1.54, 1.807) is 0 Å². The number of carbonyl (C=O) groups excluding carboxylic acids is 1. The average molecular weight is 316 g/mol. The highest BCUT2D eigenvalue weighted by Crippen LogP contribution is 2.35. The number of esters is 1. The zero-order chi connectivity index (χ0) is 16.4. The first-order valence-corrected chi connectivity index (χ1v) is 6.29. The van der Waals surface area contributed by atoms with Crippen LogP contribution in [0.15, 0.2) is 12.1 Å². The van der Waals surface area contributed by atoms with Crippen LogP contribution in [0.4, 0.5) is 0 Å². The molecule has 0 saturated carbocycles. The van der Waals surface area contributed by atoms with Gasteiger partial charge in [0.1, 0.15) is 22.8 Å². The number of hydrogen-bond donors (Lipinski definition) is 0. The second-order valence-electron chi connectivity index (χ2n) is 3.94. The van der Waals surface area contributed by atoms with Crippen molar-refractivity contribution in [1.29, 1.82) is 0 Å². The van der Waals surface area contributed by atoms with E-state index in [2.05, 4.69) is 0 Å². The minimum absolute atomic E-state index is 0.0327. The second-order valence-corrected chi connectivity index (χ2v) is 3.94. The van der Waals surface area contributed by atoms with Crippen molar-refractivity contribution < 1.29 is 38.0 Å². The Labute approximate surface area is 128 Å². The third-order valence-electron chi connectivity index (χ3n) is 2.44. The van der Waals surface area contributed by atoms with Gasteiger partial charge in [0.2, 0.25) is 0 Å².